The summed E-state index contributed by atoms with van der Waals surface area (Å²) < 4.78 is 1.40. The number of hydrogen-bond acceptors (Lipinski definition) is 3. The number of aromatic nitrogens is 2. The summed E-state index contributed by atoms with van der Waals surface area (Å²) in [6.45, 7) is 2.15. The maximum absolute atomic E-state index is 12.5. The van der Waals surface area contributed by atoms with E-state index in [0.29, 0.717) is 18.0 Å². The highest BCUT2D eigenvalue weighted by Crippen LogP contribution is 2.29. The van der Waals surface area contributed by atoms with E-state index in [0.717, 1.165) is 0 Å². The van der Waals surface area contributed by atoms with Gasteiger partial charge in [0, 0.05) is 24.0 Å². The lowest BCUT2D eigenvalue weighted by Crippen LogP contribution is -2.41. The quantitative estimate of drug-likeness (QED) is 0.756. The third-order valence-corrected chi connectivity index (χ3v) is 3.94. The first kappa shape index (κ1) is 18.6. The Morgan fingerprint density at radius 2 is 1.92 bits per heavy atom. The van der Waals surface area contributed by atoms with Crippen molar-refractivity contribution in [3.8, 4) is 0 Å². The summed E-state index contributed by atoms with van der Waals surface area (Å²) in [6.07, 6.45) is 5.24. The minimum absolute atomic E-state index is 0.152. The van der Waals surface area contributed by atoms with Gasteiger partial charge in [-0.15, -0.1) is 0 Å². The Hall–Kier alpha value is -1.76. The summed E-state index contributed by atoms with van der Waals surface area (Å²) in [7, 11) is 0. The Kier molecular flexibility index (Phi) is 6.48. The SMILES string of the molecule is CCCN(CC(=O)c1c(Cl)cc(Cl)cc1Cl)C(=O)Nn1ccnc1. The van der Waals surface area contributed by atoms with Gasteiger partial charge in [-0.05, 0) is 18.6 Å². The maximum Gasteiger partial charge on any atom is 0.336 e. The average Bonchev–Trinajstić information content (AvgIpc) is 2.98. The number of ketones is 1. The van der Waals surface area contributed by atoms with Crippen LogP contribution in [0.15, 0.2) is 30.9 Å². The van der Waals surface area contributed by atoms with E-state index in [-0.39, 0.29) is 27.9 Å². The zero-order valence-corrected chi connectivity index (χ0v) is 15.1. The second-order valence-corrected chi connectivity index (χ2v) is 6.23. The summed E-state index contributed by atoms with van der Waals surface area (Å²) in [5.41, 5.74) is 2.76. The van der Waals surface area contributed by atoms with Gasteiger partial charge < -0.3 is 4.90 Å². The zero-order valence-electron chi connectivity index (χ0n) is 12.8. The number of carbonyl (C=O) groups is 2. The van der Waals surface area contributed by atoms with Gasteiger partial charge in [0.05, 0.1) is 22.2 Å². The first-order valence-electron chi connectivity index (χ1n) is 7.14. The van der Waals surface area contributed by atoms with Crippen LogP contribution < -0.4 is 5.43 Å². The van der Waals surface area contributed by atoms with Crippen molar-refractivity contribution in [2.45, 2.75) is 13.3 Å². The predicted molar refractivity (Wildman–Crippen MR) is 94.7 cm³/mol. The largest absolute Gasteiger partial charge is 0.336 e. The van der Waals surface area contributed by atoms with Gasteiger partial charge in [0.25, 0.3) is 0 Å². The number of imidazole rings is 1. The molecule has 1 heterocycles. The molecule has 128 valence electrons. The van der Waals surface area contributed by atoms with Crippen LogP contribution in [0.2, 0.25) is 15.1 Å². The van der Waals surface area contributed by atoms with Crippen LogP contribution in [0.3, 0.4) is 0 Å². The fraction of sp³-hybridized carbons (Fsp3) is 0.267. The molecule has 0 aliphatic rings. The number of urea groups is 1. The first-order valence-corrected chi connectivity index (χ1v) is 8.27. The summed E-state index contributed by atoms with van der Waals surface area (Å²) >= 11 is 18.0. The van der Waals surface area contributed by atoms with Crippen LogP contribution in [-0.4, -0.2) is 39.5 Å². The van der Waals surface area contributed by atoms with Crippen molar-refractivity contribution < 1.29 is 9.59 Å². The summed E-state index contributed by atoms with van der Waals surface area (Å²) in [5.74, 6) is -0.365. The van der Waals surface area contributed by atoms with Crippen LogP contribution in [0, 0.1) is 0 Å². The molecule has 0 bridgehead atoms. The third-order valence-electron chi connectivity index (χ3n) is 3.13. The standard InChI is InChI=1S/C15H15Cl3N4O2/c1-2-4-21(15(24)20-22-5-3-19-9-22)8-13(23)14-11(17)6-10(16)7-12(14)18/h3,5-7,9H,2,4,8H2,1H3,(H,20,24). The van der Waals surface area contributed by atoms with Crippen molar-refractivity contribution in [2.24, 2.45) is 0 Å². The Labute approximate surface area is 154 Å². The molecular formula is C15H15Cl3N4O2. The van der Waals surface area contributed by atoms with Gasteiger partial charge in [-0.25, -0.2) is 19.9 Å². The van der Waals surface area contributed by atoms with Gasteiger partial charge in [-0.1, -0.05) is 41.7 Å². The van der Waals surface area contributed by atoms with Gasteiger partial charge in [-0.3, -0.25) is 4.79 Å². The van der Waals surface area contributed by atoms with E-state index in [4.69, 9.17) is 34.8 Å². The molecule has 0 spiro atoms. The molecule has 24 heavy (non-hydrogen) atoms. The number of halogens is 3. The fourth-order valence-corrected chi connectivity index (χ4v) is 3.12. The van der Waals surface area contributed by atoms with E-state index in [2.05, 4.69) is 10.4 Å². The Bertz CT molecular complexity index is 711. The number of nitrogens with one attached hydrogen (secondary N) is 1. The lowest BCUT2D eigenvalue weighted by molar-refractivity contribution is 0.0947. The number of carbonyl (C=O) groups excluding carboxylic acids is 2. The first-order chi connectivity index (χ1) is 11.4. The monoisotopic (exact) mass is 388 g/mol. The second kappa shape index (κ2) is 8.37. The number of nitrogens with zero attached hydrogens (tertiary/aromatic N) is 3. The third kappa shape index (κ3) is 4.63. The van der Waals surface area contributed by atoms with Crippen LogP contribution in [0.5, 0.6) is 0 Å². The maximum atomic E-state index is 12.5. The number of hydrogen-bond donors (Lipinski definition) is 1. The summed E-state index contributed by atoms with van der Waals surface area (Å²) in [5, 5.41) is 0.651. The number of rotatable bonds is 6. The molecule has 0 unspecified atom stereocenters. The van der Waals surface area contributed by atoms with Crippen molar-refractivity contribution in [3.05, 3.63) is 51.5 Å². The van der Waals surface area contributed by atoms with Gasteiger partial charge in [0.2, 0.25) is 0 Å². The summed E-state index contributed by atoms with van der Waals surface area (Å²) in [6, 6.07) is 2.46. The summed E-state index contributed by atoms with van der Waals surface area (Å²) in [4.78, 5) is 30.1. The lowest BCUT2D eigenvalue weighted by Gasteiger charge is -2.22. The lowest BCUT2D eigenvalue weighted by atomic mass is 10.1. The van der Waals surface area contributed by atoms with E-state index in [9.17, 15) is 9.59 Å². The molecule has 9 heteroatoms. The Balaban J connectivity index is 2.15. The highest BCUT2D eigenvalue weighted by Gasteiger charge is 2.22. The molecule has 2 rings (SSSR count). The fourth-order valence-electron chi connectivity index (χ4n) is 2.09. The molecule has 1 aromatic carbocycles. The van der Waals surface area contributed by atoms with Crippen molar-refractivity contribution >= 4 is 46.6 Å². The number of benzene rings is 1. The van der Waals surface area contributed by atoms with Crippen molar-refractivity contribution in [1.82, 2.24) is 14.6 Å². The van der Waals surface area contributed by atoms with E-state index in [1.165, 1.54) is 34.2 Å². The van der Waals surface area contributed by atoms with Crippen molar-refractivity contribution in [1.29, 1.82) is 0 Å². The Morgan fingerprint density at radius 3 is 2.46 bits per heavy atom. The van der Waals surface area contributed by atoms with E-state index in [1.54, 1.807) is 6.20 Å². The molecule has 0 saturated carbocycles. The molecule has 0 aliphatic carbocycles. The predicted octanol–water partition coefficient (Wildman–Crippen LogP) is 4.10. The van der Waals surface area contributed by atoms with E-state index >= 15 is 0 Å². The number of Topliss-reactive ketones (excluding diaryl/α,β-unsaturated/α-hetero) is 1. The van der Waals surface area contributed by atoms with Crippen LogP contribution in [-0.2, 0) is 0 Å². The molecule has 1 N–H and O–H groups in total. The molecular weight excluding hydrogens is 375 g/mol. The van der Waals surface area contributed by atoms with Crippen LogP contribution in [0.1, 0.15) is 23.7 Å². The van der Waals surface area contributed by atoms with Gasteiger partial charge >= 0.3 is 6.03 Å². The molecule has 0 fully saturated rings. The van der Waals surface area contributed by atoms with Crippen molar-refractivity contribution in [3.63, 3.8) is 0 Å². The zero-order chi connectivity index (χ0) is 17.7. The molecule has 0 atom stereocenters. The van der Waals surface area contributed by atoms with Gasteiger partial charge in [-0.2, -0.15) is 0 Å². The molecule has 0 aliphatic heterocycles. The normalized spacial score (nSPS) is 10.5. The van der Waals surface area contributed by atoms with Gasteiger partial charge in [0.1, 0.15) is 6.33 Å². The molecule has 0 saturated heterocycles. The van der Waals surface area contributed by atoms with Crippen molar-refractivity contribution in [2.75, 3.05) is 18.5 Å². The molecule has 2 aromatic rings. The van der Waals surface area contributed by atoms with E-state index in [1.807, 2.05) is 6.92 Å². The number of amides is 2. The minimum Gasteiger partial charge on any atom is -0.316 e. The molecule has 1 aromatic heterocycles. The highest BCUT2D eigenvalue weighted by molar-refractivity contribution is 6.42. The topological polar surface area (TPSA) is 67.2 Å². The molecule has 2 amide bonds. The van der Waals surface area contributed by atoms with E-state index < -0.39 is 6.03 Å². The average molecular weight is 390 g/mol. The smallest absolute Gasteiger partial charge is 0.316 e. The van der Waals surface area contributed by atoms with Crippen LogP contribution in [0.25, 0.3) is 0 Å². The van der Waals surface area contributed by atoms with Crippen LogP contribution in [0.4, 0.5) is 4.79 Å². The van der Waals surface area contributed by atoms with Crippen LogP contribution >= 0.6 is 34.8 Å². The minimum atomic E-state index is -0.426. The molecule has 6 nitrogen and oxygen atoms in total. The molecule has 0 radical (unpaired) electrons. The Morgan fingerprint density at radius 1 is 1.25 bits per heavy atom. The van der Waals surface area contributed by atoms with Gasteiger partial charge in [0.15, 0.2) is 5.78 Å². The highest BCUT2D eigenvalue weighted by atomic mass is 35.5. The second-order valence-electron chi connectivity index (χ2n) is 4.98.